The van der Waals surface area contributed by atoms with E-state index in [0.29, 0.717) is 21.2 Å². The molecule has 0 aliphatic heterocycles. The summed E-state index contributed by atoms with van der Waals surface area (Å²) in [6.07, 6.45) is 0. The van der Waals surface area contributed by atoms with Gasteiger partial charge in [0.05, 0.1) is 22.7 Å². The lowest BCUT2D eigenvalue weighted by molar-refractivity contribution is 0.0952. The SMILES string of the molecule is CNC(=O)c1ccccc1C#CCNC(=O)c1cc(Cl)ccc1Cl. The van der Waals surface area contributed by atoms with E-state index in [0.717, 1.165) is 0 Å². The monoisotopic (exact) mass is 360 g/mol. The van der Waals surface area contributed by atoms with Crippen LogP contribution in [0.25, 0.3) is 0 Å². The third kappa shape index (κ3) is 4.51. The summed E-state index contributed by atoms with van der Waals surface area (Å²) in [6.45, 7) is 0.115. The summed E-state index contributed by atoms with van der Waals surface area (Å²) in [5.74, 6) is 5.12. The molecule has 2 aromatic rings. The first-order chi connectivity index (χ1) is 11.5. The lowest BCUT2D eigenvalue weighted by Gasteiger charge is -2.04. The van der Waals surface area contributed by atoms with Crippen molar-refractivity contribution in [3.8, 4) is 11.8 Å². The van der Waals surface area contributed by atoms with Crippen LogP contribution in [0.2, 0.25) is 10.0 Å². The summed E-state index contributed by atoms with van der Waals surface area (Å²) in [7, 11) is 1.56. The van der Waals surface area contributed by atoms with Crippen LogP contribution in [0.3, 0.4) is 0 Å². The van der Waals surface area contributed by atoms with Crippen LogP contribution in [0.15, 0.2) is 42.5 Å². The third-order valence-electron chi connectivity index (χ3n) is 3.13. The molecule has 0 spiro atoms. The molecule has 4 nitrogen and oxygen atoms in total. The normalized spacial score (nSPS) is 9.62. The van der Waals surface area contributed by atoms with Crippen molar-refractivity contribution in [2.75, 3.05) is 13.6 Å². The number of nitrogens with one attached hydrogen (secondary N) is 2. The third-order valence-corrected chi connectivity index (χ3v) is 3.70. The molecule has 0 aliphatic carbocycles. The molecule has 0 saturated carbocycles. The number of hydrogen-bond donors (Lipinski definition) is 2. The molecule has 0 aromatic heterocycles. The first-order valence-electron chi connectivity index (χ1n) is 7.06. The molecule has 0 saturated heterocycles. The summed E-state index contributed by atoms with van der Waals surface area (Å²) >= 11 is 11.8. The van der Waals surface area contributed by atoms with Gasteiger partial charge in [0.2, 0.25) is 0 Å². The number of carbonyl (C=O) groups is 2. The molecule has 122 valence electrons. The first kappa shape index (κ1) is 17.9. The predicted molar refractivity (Wildman–Crippen MR) is 95.5 cm³/mol. The Balaban J connectivity index is 2.06. The fourth-order valence-electron chi connectivity index (χ4n) is 1.96. The summed E-state index contributed by atoms with van der Waals surface area (Å²) in [6, 6.07) is 11.6. The average Bonchev–Trinajstić information content (AvgIpc) is 2.60. The van der Waals surface area contributed by atoms with E-state index in [1.165, 1.54) is 6.07 Å². The molecule has 2 aromatic carbocycles. The second-order valence-corrected chi connectivity index (χ2v) is 5.58. The van der Waals surface area contributed by atoms with Gasteiger partial charge in [-0.3, -0.25) is 9.59 Å². The molecule has 0 heterocycles. The molecule has 0 fully saturated rings. The molecule has 0 radical (unpaired) electrons. The van der Waals surface area contributed by atoms with Gasteiger partial charge in [0.25, 0.3) is 11.8 Å². The Morgan fingerprint density at radius 3 is 2.54 bits per heavy atom. The fourth-order valence-corrected chi connectivity index (χ4v) is 2.33. The van der Waals surface area contributed by atoms with Gasteiger partial charge in [-0.15, -0.1) is 0 Å². The van der Waals surface area contributed by atoms with E-state index in [9.17, 15) is 9.59 Å². The zero-order valence-electron chi connectivity index (χ0n) is 12.8. The maximum atomic E-state index is 12.1. The van der Waals surface area contributed by atoms with Gasteiger partial charge in [-0.25, -0.2) is 0 Å². The van der Waals surface area contributed by atoms with Crippen LogP contribution in [0, 0.1) is 11.8 Å². The number of amides is 2. The van der Waals surface area contributed by atoms with Crippen LogP contribution < -0.4 is 10.6 Å². The number of rotatable bonds is 3. The second-order valence-electron chi connectivity index (χ2n) is 4.73. The Labute approximate surface area is 150 Å². The van der Waals surface area contributed by atoms with Crippen LogP contribution in [0.5, 0.6) is 0 Å². The van der Waals surface area contributed by atoms with E-state index in [2.05, 4.69) is 22.5 Å². The van der Waals surface area contributed by atoms with Gasteiger partial charge in [-0.1, -0.05) is 47.2 Å². The van der Waals surface area contributed by atoms with Gasteiger partial charge in [-0.05, 0) is 30.3 Å². The maximum Gasteiger partial charge on any atom is 0.253 e. The average molecular weight is 361 g/mol. The second kappa shape index (κ2) is 8.39. The lowest BCUT2D eigenvalue weighted by atomic mass is 10.1. The Hall–Kier alpha value is -2.48. The predicted octanol–water partition coefficient (Wildman–Crippen LogP) is 3.13. The molecule has 6 heteroatoms. The van der Waals surface area contributed by atoms with Gasteiger partial charge in [0.15, 0.2) is 0 Å². The van der Waals surface area contributed by atoms with Gasteiger partial charge in [0, 0.05) is 17.6 Å². The van der Waals surface area contributed by atoms with E-state index in [-0.39, 0.29) is 23.9 Å². The van der Waals surface area contributed by atoms with Crippen LogP contribution in [0.4, 0.5) is 0 Å². The molecule has 24 heavy (non-hydrogen) atoms. The highest BCUT2D eigenvalue weighted by Gasteiger charge is 2.10. The minimum atomic E-state index is -0.364. The highest BCUT2D eigenvalue weighted by molar-refractivity contribution is 6.35. The Morgan fingerprint density at radius 2 is 1.79 bits per heavy atom. The largest absolute Gasteiger partial charge is 0.355 e. The summed E-state index contributed by atoms with van der Waals surface area (Å²) in [4.78, 5) is 23.8. The number of halogens is 2. The van der Waals surface area contributed by atoms with Crippen LogP contribution in [-0.4, -0.2) is 25.4 Å². The number of hydrogen-bond acceptors (Lipinski definition) is 2. The van der Waals surface area contributed by atoms with E-state index in [1.54, 1.807) is 43.4 Å². The maximum absolute atomic E-state index is 12.1. The summed E-state index contributed by atoms with van der Waals surface area (Å²) < 4.78 is 0. The Kier molecular flexibility index (Phi) is 6.25. The van der Waals surface area contributed by atoms with Gasteiger partial charge >= 0.3 is 0 Å². The van der Waals surface area contributed by atoms with Crippen LogP contribution in [0.1, 0.15) is 26.3 Å². The van der Waals surface area contributed by atoms with E-state index in [4.69, 9.17) is 23.2 Å². The quantitative estimate of drug-likeness (QED) is 0.826. The molecular formula is C18H14Cl2N2O2. The zero-order chi connectivity index (χ0) is 17.5. The van der Waals surface area contributed by atoms with Gasteiger partial charge < -0.3 is 10.6 Å². The Bertz CT molecular complexity index is 838. The minimum Gasteiger partial charge on any atom is -0.355 e. The molecule has 0 unspecified atom stereocenters. The Morgan fingerprint density at radius 1 is 1.04 bits per heavy atom. The molecule has 2 amide bonds. The van der Waals surface area contributed by atoms with Crippen molar-refractivity contribution in [2.24, 2.45) is 0 Å². The summed E-state index contributed by atoms with van der Waals surface area (Å²) in [5, 5.41) is 5.94. The first-order valence-corrected chi connectivity index (χ1v) is 7.81. The number of carbonyl (C=O) groups excluding carboxylic acids is 2. The van der Waals surface area contributed by atoms with E-state index >= 15 is 0 Å². The van der Waals surface area contributed by atoms with Crippen LogP contribution >= 0.6 is 23.2 Å². The molecule has 2 N–H and O–H groups in total. The molecule has 0 aliphatic rings. The smallest absolute Gasteiger partial charge is 0.253 e. The van der Waals surface area contributed by atoms with Crippen molar-refractivity contribution in [3.05, 3.63) is 69.2 Å². The minimum absolute atomic E-state index is 0.115. The molecule has 0 bridgehead atoms. The molecule has 2 rings (SSSR count). The van der Waals surface area contributed by atoms with Crippen molar-refractivity contribution in [3.63, 3.8) is 0 Å². The van der Waals surface area contributed by atoms with Crippen molar-refractivity contribution < 1.29 is 9.59 Å². The van der Waals surface area contributed by atoms with Gasteiger partial charge in [0.1, 0.15) is 0 Å². The highest BCUT2D eigenvalue weighted by Crippen LogP contribution is 2.20. The fraction of sp³-hybridized carbons (Fsp3) is 0.111. The lowest BCUT2D eigenvalue weighted by Crippen LogP contribution is -2.24. The van der Waals surface area contributed by atoms with Crippen LogP contribution in [-0.2, 0) is 0 Å². The van der Waals surface area contributed by atoms with Gasteiger partial charge in [-0.2, -0.15) is 0 Å². The van der Waals surface area contributed by atoms with Crippen molar-refractivity contribution >= 4 is 35.0 Å². The topological polar surface area (TPSA) is 58.2 Å². The number of benzene rings is 2. The van der Waals surface area contributed by atoms with E-state index < -0.39 is 0 Å². The standard InChI is InChI=1S/C18H14Cl2N2O2/c1-21-17(23)14-7-3-2-5-12(14)6-4-10-22-18(24)15-11-13(19)8-9-16(15)20/h2-3,5,7-9,11H,10H2,1H3,(H,21,23)(H,22,24). The molecule has 0 atom stereocenters. The highest BCUT2D eigenvalue weighted by atomic mass is 35.5. The summed E-state index contributed by atoms with van der Waals surface area (Å²) in [5.41, 5.74) is 1.36. The van der Waals surface area contributed by atoms with Crippen molar-refractivity contribution in [1.29, 1.82) is 0 Å². The molecular weight excluding hydrogens is 347 g/mol. The van der Waals surface area contributed by atoms with E-state index in [1.807, 2.05) is 0 Å². The van der Waals surface area contributed by atoms with Crippen molar-refractivity contribution in [1.82, 2.24) is 10.6 Å². The van der Waals surface area contributed by atoms with Crippen molar-refractivity contribution in [2.45, 2.75) is 0 Å². The zero-order valence-corrected chi connectivity index (χ0v) is 14.3.